The van der Waals surface area contributed by atoms with E-state index in [0.717, 1.165) is 22.1 Å². The smallest absolute Gasteiger partial charge is 0.322 e. The number of hydrogen-bond donors (Lipinski definition) is 1. The van der Waals surface area contributed by atoms with Crippen LogP contribution in [0, 0.1) is 6.92 Å². The number of carbonyl (C=O) groups excluding carboxylic acids is 1. The van der Waals surface area contributed by atoms with E-state index in [2.05, 4.69) is 28.2 Å². The van der Waals surface area contributed by atoms with Crippen LogP contribution in [0.5, 0.6) is 0 Å². The van der Waals surface area contributed by atoms with Gasteiger partial charge in [-0.3, -0.25) is 0 Å². The molecule has 0 radical (unpaired) electrons. The predicted octanol–water partition coefficient (Wildman–Crippen LogP) is 3.40. The zero-order valence-corrected chi connectivity index (χ0v) is 12.9. The molecule has 19 heavy (non-hydrogen) atoms. The molecular weight excluding hydrogens is 308 g/mol. The van der Waals surface area contributed by atoms with Crippen LogP contribution in [-0.2, 0) is 4.74 Å². The second-order valence-corrected chi connectivity index (χ2v) is 5.65. The normalized spacial score (nSPS) is 19.3. The fourth-order valence-corrected chi connectivity index (χ4v) is 2.59. The lowest BCUT2D eigenvalue weighted by atomic mass is 10.2. The number of nitrogens with one attached hydrogen (secondary N) is 1. The highest BCUT2D eigenvalue weighted by Gasteiger charge is 2.23. The number of hydrogen-bond acceptors (Lipinski definition) is 2. The number of urea groups is 1. The third kappa shape index (κ3) is 3.70. The summed E-state index contributed by atoms with van der Waals surface area (Å²) in [6.45, 7) is 5.99. The summed E-state index contributed by atoms with van der Waals surface area (Å²) in [5.41, 5.74) is 1.90. The number of amides is 2. The molecule has 1 aliphatic rings. The van der Waals surface area contributed by atoms with Crippen LogP contribution < -0.4 is 5.32 Å². The molecular formula is C14H19BrN2O2. The van der Waals surface area contributed by atoms with Gasteiger partial charge in [-0.05, 0) is 37.1 Å². The number of rotatable bonds is 2. The first-order chi connectivity index (χ1) is 9.10. The molecule has 1 heterocycles. The van der Waals surface area contributed by atoms with Gasteiger partial charge in [0.1, 0.15) is 0 Å². The zero-order valence-electron chi connectivity index (χ0n) is 11.3. The van der Waals surface area contributed by atoms with Crippen LogP contribution in [0.25, 0.3) is 0 Å². The van der Waals surface area contributed by atoms with Gasteiger partial charge in [0.2, 0.25) is 0 Å². The van der Waals surface area contributed by atoms with Crippen molar-refractivity contribution < 1.29 is 9.53 Å². The Morgan fingerprint density at radius 2 is 2.37 bits per heavy atom. The summed E-state index contributed by atoms with van der Waals surface area (Å²) >= 11 is 3.42. The van der Waals surface area contributed by atoms with E-state index in [-0.39, 0.29) is 12.1 Å². The van der Waals surface area contributed by atoms with Crippen LogP contribution in [0.1, 0.15) is 18.9 Å². The van der Waals surface area contributed by atoms with Gasteiger partial charge < -0.3 is 15.0 Å². The van der Waals surface area contributed by atoms with Gasteiger partial charge >= 0.3 is 6.03 Å². The first-order valence-electron chi connectivity index (χ1n) is 6.54. The Kier molecular flexibility index (Phi) is 4.82. The lowest BCUT2D eigenvalue weighted by Crippen LogP contribution is -2.47. The maximum atomic E-state index is 12.2. The van der Waals surface area contributed by atoms with Crippen molar-refractivity contribution >= 4 is 27.6 Å². The molecule has 5 heteroatoms. The van der Waals surface area contributed by atoms with Gasteiger partial charge in [-0.15, -0.1) is 0 Å². The SMILES string of the molecule is CC[C@H]1CN(C(=O)Nc2ccc(Br)cc2C)CCO1. The standard InChI is InChI=1S/C14H19BrN2O2/c1-3-12-9-17(6-7-19-12)14(18)16-13-5-4-11(15)8-10(13)2/h4-5,8,12H,3,6-7,9H2,1-2H3,(H,16,18)/t12-/m0/s1. The summed E-state index contributed by atoms with van der Waals surface area (Å²) in [5, 5.41) is 2.96. The van der Waals surface area contributed by atoms with Crippen LogP contribution in [0.4, 0.5) is 10.5 Å². The van der Waals surface area contributed by atoms with Crippen LogP contribution in [0.3, 0.4) is 0 Å². The molecule has 1 aromatic carbocycles. The molecule has 0 spiro atoms. The van der Waals surface area contributed by atoms with E-state index in [0.29, 0.717) is 19.7 Å². The molecule has 1 aliphatic heterocycles. The van der Waals surface area contributed by atoms with Gasteiger partial charge in [0.05, 0.1) is 12.7 Å². The van der Waals surface area contributed by atoms with E-state index < -0.39 is 0 Å². The number of anilines is 1. The van der Waals surface area contributed by atoms with E-state index in [9.17, 15) is 4.79 Å². The van der Waals surface area contributed by atoms with E-state index in [1.165, 1.54) is 0 Å². The average Bonchev–Trinajstić information content (AvgIpc) is 2.42. The van der Waals surface area contributed by atoms with Crippen LogP contribution >= 0.6 is 15.9 Å². The molecule has 0 aromatic heterocycles. The highest BCUT2D eigenvalue weighted by atomic mass is 79.9. The predicted molar refractivity (Wildman–Crippen MR) is 79.5 cm³/mol. The quantitative estimate of drug-likeness (QED) is 0.904. The van der Waals surface area contributed by atoms with Crippen molar-refractivity contribution in [1.29, 1.82) is 0 Å². The van der Waals surface area contributed by atoms with Crippen LogP contribution in [-0.4, -0.2) is 36.7 Å². The van der Waals surface area contributed by atoms with E-state index >= 15 is 0 Å². The summed E-state index contributed by atoms with van der Waals surface area (Å²) in [6, 6.07) is 5.78. The molecule has 1 N–H and O–H groups in total. The Hall–Kier alpha value is -1.07. The maximum absolute atomic E-state index is 12.2. The second-order valence-electron chi connectivity index (χ2n) is 4.74. The Balaban J connectivity index is 2.00. The molecule has 0 unspecified atom stereocenters. The minimum Gasteiger partial charge on any atom is -0.375 e. The van der Waals surface area contributed by atoms with Crippen molar-refractivity contribution in [2.75, 3.05) is 25.0 Å². The van der Waals surface area contributed by atoms with Crippen LogP contribution in [0.2, 0.25) is 0 Å². The van der Waals surface area contributed by atoms with Crippen molar-refractivity contribution in [2.45, 2.75) is 26.4 Å². The van der Waals surface area contributed by atoms with E-state index in [4.69, 9.17) is 4.74 Å². The van der Waals surface area contributed by atoms with Crippen LogP contribution in [0.15, 0.2) is 22.7 Å². The number of ether oxygens (including phenoxy) is 1. The summed E-state index contributed by atoms with van der Waals surface area (Å²) in [6.07, 6.45) is 1.09. The molecule has 1 fully saturated rings. The summed E-state index contributed by atoms with van der Waals surface area (Å²) in [7, 11) is 0. The fraction of sp³-hybridized carbons (Fsp3) is 0.500. The van der Waals surface area contributed by atoms with Crippen molar-refractivity contribution in [2.24, 2.45) is 0 Å². The molecule has 0 bridgehead atoms. The van der Waals surface area contributed by atoms with Gasteiger partial charge in [-0.1, -0.05) is 22.9 Å². The Bertz CT molecular complexity index is 465. The summed E-state index contributed by atoms with van der Waals surface area (Å²) < 4.78 is 6.58. The first-order valence-corrected chi connectivity index (χ1v) is 7.33. The molecule has 2 amide bonds. The largest absolute Gasteiger partial charge is 0.375 e. The minimum absolute atomic E-state index is 0.0489. The number of carbonyl (C=O) groups is 1. The molecule has 0 saturated carbocycles. The minimum atomic E-state index is -0.0489. The monoisotopic (exact) mass is 326 g/mol. The molecule has 1 saturated heterocycles. The Morgan fingerprint density at radius 3 is 3.05 bits per heavy atom. The van der Waals surface area contributed by atoms with Crippen molar-refractivity contribution in [1.82, 2.24) is 4.90 Å². The second kappa shape index (κ2) is 6.39. The molecule has 1 aromatic rings. The topological polar surface area (TPSA) is 41.6 Å². The number of morpholine rings is 1. The number of halogens is 1. The third-order valence-corrected chi connectivity index (χ3v) is 3.80. The molecule has 104 valence electrons. The van der Waals surface area contributed by atoms with Gasteiger partial charge in [-0.25, -0.2) is 4.79 Å². The maximum Gasteiger partial charge on any atom is 0.322 e. The number of benzene rings is 1. The molecule has 4 nitrogen and oxygen atoms in total. The summed E-state index contributed by atoms with van der Waals surface area (Å²) in [4.78, 5) is 14.0. The third-order valence-electron chi connectivity index (χ3n) is 3.31. The summed E-state index contributed by atoms with van der Waals surface area (Å²) in [5.74, 6) is 0. The van der Waals surface area contributed by atoms with Gasteiger partial charge in [0.25, 0.3) is 0 Å². The van der Waals surface area contributed by atoms with Gasteiger partial charge in [0, 0.05) is 23.2 Å². The molecule has 2 rings (SSSR count). The Labute approximate surface area is 122 Å². The van der Waals surface area contributed by atoms with E-state index in [1.807, 2.05) is 30.0 Å². The molecule has 0 aliphatic carbocycles. The highest BCUT2D eigenvalue weighted by Crippen LogP contribution is 2.20. The average molecular weight is 327 g/mol. The lowest BCUT2D eigenvalue weighted by Gasteiger charge is -2.32. The number of nitrogens with zero attached hydrogens (tertiary/aromatic N) is 1. The van der Waals surface area contributed by atoms with Crippen molar-refractivity contribution in [3.05, 3.63) is 28.2 Å². The zero-order chi connectivity index (χ0) is 13.8. The highest BCUT2D eigenvalue weighted by molar-refractivity contribution is 9.10. The van der Waals surface area contributed by atoms with Crippen molar-refractivity contribution in [3.63, 3.8) is 0 Å². The fourth-order valence-electron chi connectivity index (χ4n) is 2.11. The molecule has 1 atom stereocenters. The van der Waals surface area contributed by atoms with Crippen molar-refractivity contribution in [3.8, 4) is 0 Å². The van der Waals surface area contributed by atoms with Gasteiger partial charge in [0.15, 0.2) is 0 Å². The Morgan fingerprint density at radius 1 is 1.58 bits per heavy atom. The first kappa shape index (κ1) is 14.3. The lowest BCUT2D eigenvalue weighted by molar-refractivity contribution is -0.0134. The van der Waals surface area contributed by atoms with Gasteiger partial charge in [-0.2, -0.15) is 0 Å². The number of aryl methyl sites for hydroxylation is 1. The van der Waals surface area contributed by atoms with E-state index in [1.54, 1.807) is 0 Å².